The van der Waals surface area contributed by atoms with E-state index in [0.717, 1.165) is 24.9 Å². The lowest BCUT2D eigenvalue weighted by Crippen LogP contribution is -2.39. The SMILES string of the molecule is O[C@H]1CCCN(Cn2[nH]c(-c3ccc(Cl)cc3Cl)nc2=S)C1. The van der Waals surface area contributed by atoms with Crippen LogP contribution >= 0.6 is 35.4 Å². The minimum atomic E-state index is -0.268. The van der Waals surface area contributed by atoms with Gasteiger partial charge in [0.25, 0.3) is 0 Å². The first-order valence-electron chi connectivity index (χ1n) is 7.05. The molecule has 0 saturated carbocycles. The molecular weight excluding hydrogens is 343 g/mol. The van der Waals surface area contributed by atoms with Crippen LogP contribution in [0.2, 0.25) is 10.0 Å². The highest BCUT2D eigenvalue weighted by Gasteiger charge is 2.18. The van der Waals surface area contributed by atoms with Gasteiger partial charge in [0.2, 0.25) is 4.77 Å². The molecule has 0 bridgehead atoms. The topological polar surface area (TPSA) is 57.1 Å². The summed E-state index contributed by atoms with van der Waals surface area (Å²) in [6, 6.07) is 5.25. The molecule has 0 spiro atoms. The summed E-state index contributed by atoms with van der Waals surface area (Å²) in [5.41, 5.74) is 0.759. The lowest BCUT2D eigenvalue weighted by atomic mass is 10.1. The molecule has 1 aromatic heterocycles. The predicted molar refractivity (Wildman–Crippen MR) is 89.7 cm³/mol. The van der Waals surface area contributed by atoms with Gasteiger partial charge in [-0.3, -0.25) is 10.00 Å². The summed E-state index contributed by atoms with van der Waals surface area (Å²) >= 11 is 17.4. The third-order valence-corrected chi connectivity index (χ3v) is 4.55. The molecule has 0 aliphatic carbocycles. The van der Waals surface area contributed by atoms with Crippen LogP contribution in [-0.4, -0.2) is 44.0 Å². The molecule has 5 nitrogen and oxygen atoms in total. The van der Waals surface area contributed by atoms with Gasteiger partial charge in [0.1, 0.15) is 0 Å². The van der Waals surface area contributed by atoms with E-state index in [4.69, 9.17) is 35.4 Å². The number of benzene rings is 1. The summed E-state index contributed by atoms with van der Waals surface area (Å²) < 4.78 is 2.24. The summed E-state index contributed by atoms with van der Waals surface area (Å²) in [5.74, 6) is 0.615. The smallest absolute Gasteiger partial charge is 0.217 e. The van der Waals surface area contributed by atoms with Crippen molar-refractivity contribution < 1.29 is 5.11 Å². The Bertz CT molecular complexity index is 730. The number of hydrogen-bond donors (Lipinski definition) is 2. The van der Waals surface area contributed by atoms with Crippen molar-refractivity contribution in [3.63, 3.8) is 0 Å². The van der Waals surface area contributed by atoms with E-state index in [1.165, 1.54) is 0 Å². The fourth-order valence-corrected chi connectivity index (χ4v) is 3.31. The Labute approximate surface area is 143 Å². The van der Waals surface area contributed by atoms with Crippen molar-refractivity contribution in [2.45, 2.75) is 25.6 Å². The maximum atomic E-state index is 9.74. The van der Waals surface area contributed by atoms with Gasteiger partial charge in [-0.15, -0.1) is 0 Å². The molecule has 0 unspecified atom stereocenters. The third kappa shape index (κ3) is 3.52. The second-order valence-electron chi connectivity index (χ2n) is 5.42. The van der Waals surface area contributed by atoms with Crippen LogP contribution in [0.1, 0.15) is 12.8 Å². The van der Waals surface area contributed by atoms with Crippen LogP contribution in [-0.2, 0) is 6.67 Å². The number of H-pyrrole nitrogens is 1. The van der Waals surface area contributed by atoms with E-state index < -0.39 is 0 Å². The van der Waals surface area contributed by atoms with Crippen molar-refractivity contribution in [3.05, 3.63) is 33.0 Å². The number of nitrogens with one attached hydrogen (secondary N) is 1. The molecule has 2 aromatic rings. The van der Waals surface area contributed by atoms with E-state index in [0.29, 0.717) is 33.9 Å². The molecule has 22 heavy (non-hydrogen) atoms. The fraction of sp³-hybridized carbons (Fsp3) is 0.429. The van der Waals surface area contributed by atoms with Gasteiger partial charge in [-0.1, -0.05) is 23.2 Å². The van der Waals surface area contributed by atoms with Crippen LogP contribution in [0.5, 0.6) is 0 Å². The Balaban J connectivity index is 1.83. The molecule has 8 heteroatoms. The molecule has 1 atom stereocenters. The van der Waals surface area contributed by atoms with E-state index in [9.17, 15) is 5.11 Å². The summed E-state index contributed by atoms with van der Waals surface area (Å²) in [6.45, 7) is 2.17. The number of hydrogen-bond acceptors (Lipinski definition) is 4. The van der Waals surface area contributed by atoms with E-state index in [1.54, 1.807) is 16.8 Å². The van der Waals surface area contributed by atoms with Crippen molar-refractivity contribution in [2.75, 3.05) is 13.1 Å². The first kappa shape index (κ1) is 16.0. The number of rotatable bonds is 3. The van der Waals surface area contributed by atoms with E-state index in [1.807, 2.05) is 6.07 Å². The van der Waals surface area contributed by atoms with Crippen molar-refractivity contribution in [1.29, 1.82) is 0 Å². The van der Waals surface area contributed by atoms with Crippen molar-refractivity contribution >= 4 is 35.4 Å². The Kier molecular flexibility index (Phi) is 4.84. The molecule has 1 aromatic carbocycles. The molecule has 1 aliphatic rings. The first-order valence-corrected chi connectivity index (χ1v) is 8.22. The van der Waals surface area contributed by atoms with Crippen molar-refractivity contribution in [1.82, 2.24) is 19.7 Å². The number of β-amino-alcohol motifs (C(OH)–C–C–N with tert-alkyl or cyclic N) is 1. The number of likely N-dealkylation sites (tertiary alicyclic amines) is 1. The van der Waals surface area contributed by atoms with Crippen molar-refractivity contribution in [2.24, 2.45) is 0 Å². The number of piperidine rings is 1. The van der Waals surface area contributed by atoms with Gasteiger partial charge in [0.05, 0.1) is 17.8 Å². The van der Waals surface area contributed by atoms with Gasteiger partial charge in [-0.25, -0.2) is 4.68 Å². The normalized spacial score (nSPS) is 19.5. The number of aliphatic hydroxyl groups excluding tert-OH is 1. The summed E-state index contributed by atoms with van der Waals surface area (Å²) in [4.78, 5) is 6.51. The zero-order chi connectivity index (χ0) is 15.7. The predicted octanol–water partition coefficient (Wildman–Crippen LogP) is 3.33. The number of aliphatic hydroxyl groups is 1. The van der Waals surface area contributed by atoms with E-state index >= 15 is 0 Å². The quantitative estimate of drug-likeness (QED) is 0.826. The number of nitrogens with zero attached hydrogens (tertiary/aromatic N) is 3. The highest BCUT2D eigenvalue weighted by Crippen LogP contribution is 2.28. The zero-order valence-electron chi connectivity index (χ0n) is 11.8. The standard InChI is InChI=1S/C14H16Cl2N4OS/c15-9-3-4-11(12(16)6-9)13-17-14(22)20(18-13)8-19-5-1-2-10(21)7-19/h3-4,6,10,21H,1-2,5,7-8H2,(H,17,18,22)/t10-/m0/s1. The molecule has 2 N–H and O–H groups in total. The van der Waals surface area contributed by atoms with Crippen LogP contribution < -0.4 is 0 Å². The summed E-state index contributed by atoms with van der Waals surface area (Å²) in [7, 11) is 0. The Morgan fingerprint density at radius 1 is 1.41 bits per heavy atom. The maximum absolute atomic E-state index is 9.74. The van der Waals surface area contributed by atoms with Gasteiger partial charge >= 0.3 is 0 Å². The van der Waals surface area contributed by atoms with Gasteiger partial charge in [-0.2, -0.15) is 4.98 Å². The molecule has 0 amide bonds. The highest BCUT2D eigenvalue weighted by atomic mass is 35.5. The van der Waals surface area contributed by atoms with Gasteiger partial charge in [0.15, 0.2) is 5.82 Å². The number of halogens is 2. The fourth-order valence-electron chi connectivity index (χ4n) is 2.61. The average molecular weight is 359 g/mol. The molecule has 1 aliphatic heterocycles. The lowest BCUT2D eigenvalue weighted by molar-refractivity contribution is 0.0514. The Morgan fingerprint density at radius 3 is 2.95 bits per heavy atom. The molecular formula is C14H16Cl2N4OS. The molecule has 0 radical (unpaired) electrons. The Hall–Kier alpha value is -0.920. The minimum Gasteiger partial charge on any atom is -0.392 e. The average Bonchev–Trinajstić information content (AvgIpc) is 2.80. The van der Waals surface area contributed by atoms with Crippen LogP contribution in [0.25, 0.3) is 11.4 Å². The first-order chi connectivity index (χ1) is 10.5. The van der Waals surface area contributed by atoms with Crippen LogP contribution in [0.4, 0.5) is 0 Å². The van der Waals surface area contributed by atoms with E-state index in [-0.39, 0.29) is 6.10 Å². The van der Waals surface area contributed by atoms with Crippen LogP contribution in [0, 0.1) is 4.77 Å². The van der Waals surface area contributed by atoms with E-state index in [2.05, 4.69) is 15.0 Å². The van der Waals surface area contributed by atoms with Crippen LogP contribution in [0.3, 0.4) is 0 Å². The third-order valence-electron chi connectivity index (χ3n) is 3.69. The Morgan fingerprint density at radius 2 is 2.23 bits per heavy atom. The molecule has 1 fully saturated rings. The lowest BCUT2D eigenvalue weighted by Gasteiger charge is -2.29. The largest absolute Gasteiger partial charge is 0.392 e. The highest BCUT2D eigenvalue weighted by molar-refractivity contribution is 7.71. The zero-order valence-corrected chi connectivity index (χ0v) is 14.1. The monoisotopic (exact) mass is 358 g/mol. The second kappa shape index (κ2) is 6.68. The molecule has 118 valence electrons. The maximum Gasteiger partial charge on any atom is 0.217 e. The summed E-state index contributed by atoms with van der Waals surface area (Å²) in [5, 5.41) is 14.0. The van der Waals surface area contributed by atoms with Gasteiger partial charge in [0, 0.05) is 23.7 Å². The second-order valence-corrected chi connectivity index (χ2v) is 6.63. The number of aromatic nitrogens is 3. The molecule has 1 saturated heterocycles. The molecule has 3 rings (SSSR count). The van der Waals surface area contributed by atoms with Gasteiger partial charge < -0.3 is 5.11 Å². The number of aromatic amines is 1. The van der Waals surface area contributed by atoms with Gasteiger partial charge in [-0.05, 0) is 43.3 Å². The molecule has 2 heterocycles. The minimum absolute atomic E-state index is 0.268. The van der Waals surface area contributed by atoms with Crippen molar-refractivity contribution in [3.8, 4) is 11.4 Å². The summed E-state index contributed by atoms with van der Waals surface area (Å²) in [6.07, 6.45) is 1.57. The van der Waals surface area contributed by atoms with Crippen LogP contribution in [0.15, 0.2) is 18.2 Å².